The van der Waals surface area contributed by atoms with Crippen LogP contribution in [0.2, 0.25) is 0 Å². The van der Waals surface area contributed by atoms with Crippen LogP contribution in [0.25, 0.3) is 11.0 Å². The third kappa shape index (κ3) is 7.52. The molecule has 0 aliphatic rings. The Kier molecular flexibility index (Phi) is 10.4. The van der Waals surface area contributed by atoms with Crippen LogP contribution in [0.1, 0.15) is 30.0 Å². The average molecular weight is 568 g/mol. The topological polar surface area (TPSA) is 134 Å². The SMILES string of the molecule is CCOC(=O)CCN(C(=O)Oc1ccc2[nH]c(SCc3ccc(C(=N)N)cc3)nc2c1C)c1ccccc1.Cl. The molecule has 0 saturated heterocycles. The van der Waals surface area contributed by atoms with Gasteiger partial charge in [0.05, 0.1) is 24.1 Å². The Morgan fingerprint density at radius 1 is 1.08 bits per heavy atom. The van der Waals surface area contributed by atoms with Gasteiger partial charge in [0.2, 0.25) is 0 Å². The number of esters is 1. The van der Waals surface area contributed by atoms with Crippen molar-refractivity contribution in [3.05, 3.63) is 83.4 Å². The number of nitrogens with zero attached hydrogens (tertiary/aromatic N) is 2. The Hall–Kier alpha value is -4.02. The lowest BCUT2D eigenvalue weighted by molar-refractivity contribution is -0.142. The van der Waals surface area contributed by atoms with E-state index in [2.05, 4.69) is 4.98 Å². The summed E-state index contributed by atoms with van der Waals surface area (Å²) >= 11 is 1.55. The van der Waals surface area contributed by atoms with Crippen LogP contribution in [0.4, 0.5) is 10.5 Å². The molecule has 4 aromatic rings. The minimum Gasteiger partial charge on any atom is -0.466 e. The first-order valence-corrected chi connectivity index (χ1v) is 13.1. The number of nitrogen functional groups attached to an aromatic ring is 1. The summed E-state index contributed by atoms with van der Waals surface area (Å²) in [6.07, 6.45) is -0.546. The summed E-state index contributed by atoms with van der Waals surface area (Å²) in [5.74, 6) is 0.739. The molecule has 1 amide bonds. The van der Waals surface area contributed by atoms with Gasteiger partial charge in [-0.25, -0.2) is 9.78 Å². The molecule has 1 heterocycles. The van der Waals surface area contributed by atoms with Gasteiger partial charge in [0, 0.05) is 29.1 Å². The number of benzene rings is 3. The number of anilines is 1. The number of hydrogen-bond acceptors (Lipinski definition) is 7. The number of carbonyl (C=O) groups is 2. The molecule has 0 aliphatic carbocycles. The number of nitrogens with one attached hydrogen (secondary N) is 2. The van der Waals surface area contributed by atoms with E-state index in [1.807, 2.05) is 55.5 Å². The molecule has 0 fully saturated rings. The number of aromatic amines is 1. The number of aryl methyl sites for hydroxylation is 1. The Labute approximate surface area is 237 Å². The molecule has 0 aliphatic heterocycles. The van der Waals surface area contributed by atoms with E-state index in [9.17, 15) is 9.59 Å². The fraction of sp³-hybridized carbons (Fsp3) is 0.214. The van der Waals surface area contributed by atoms with Gasteiger partial charge < -0.3 is 20.2 Å². The summed E-state index contributed by atoms with van der Waals surface area (Å²) in [5, 5.41) is 8.25. The lowest BCUT2D eigenvalue weighted by Gasteiger charge is -2.22. The van der Waals surface area contributed by atoms with Gasteiger partial charge in [-0.05, 0) is 43.7 Å². The maximum Gasteiger partial charge on any atom is 0.419 e. The summed E-state index contributed by atoms with van der Waals surface area (Å²) in [6, 6.07) is 20.2. The molecule has 4 rings (SSSR count). The number of amidine groups is 1. The standard InChI is InChI=1S/C28H29N5O4S.ClH/c1-3-36-24(34)15-16-33(21-7-5-4-6-8-21)28(35)37-23-14-13-22-25(18(23)2)32-27(31-22)38-17-19-9-11-20(12-10-19)26(29)30;/h4-14H,3,15-17H2,1-2H3,(H3,29,30)(H,31,32);1H. The lowest BCUT2D eigenvalue weighted by atomic mass is 10.1. The number of halogens is 1. The van der Waals surface area contributed by atoms with Crippen LogP contribution in [0.3, 0.4) is 0 Å². The van der Waals surface area contributed by atoms with Gasteiger partial charge in [-0.3, -0.25) is 15.1 Å². The number of thioether (sulfide) groups is 1. The molecule has 0 bridgehead atoms. The van der Waals surface area contributed by atoms with Crippen molar-refractivity contribution in [3.63, 3.8) is 0 Å². The molecule has 204 valence electrons. The summed E-state index contributed by atoms with van der Waals surface area (Å²) in [5.41, 5.74) is 10.2. The molecule has 0 saturated carbocycles. The van der Waals surface area contributed by atoms with Gasteiger partial charge in [-0.15, -0.1) is 12.4 Å². The highest BCUT2D eigenvalue weighted by Gasteiger charge is 2.21. The number of ether oxygens (including phenoxy) is 2. The van der Waals surface area contributed by atoms with Crippen LogP contribution in [0.5, 0.6) is 5.75 Å². The summed E-state index contributed by atoms with van der Waals surface area (Å²) in [7, 11) is 0. The van der Waals surface area contributed by atoms with Crippen LogP contribution in [-0.2, 0) is 15.3 Å². The Morgan fingerprint density at radius 2 is 1.79 bits per heavy atom. The summed E-state index contributed by atoms with van der Waals surface area (Å²) < 4.78 is 10.8. The van der Waals surface area contributed by atoms with Crippen molar-refractivity contribution in [3.8, 4) is 5.75 Å². The van der Waals surface area contributed by atoms with Crippen LogP contribution in [-0.4, -0.2) is 41.0 Å². The molecule has 4 N–H and O–H groups in total. The second-order valence-corrected chi connectivity index (χ2v) is 9.40. The Bertz CT molecular complexity index is 1440. The molecular formula is C28H30ClN5O4S. The number of para-hydroxylation sites is 1. The second-order valence-electron chi connectivity index (χ2n) is 8.44. The van der Waals surface area contributed by atoms with E-state index in [-0.39, 0.29) is 43.8 Å². The number of rotatable bonds is 10. The minimum absolute atomic E-state index is 0. The zero-order chi connectivity index (χ0) is 27.1. The number of aromatic nitrogens is 2. The van der Waals surface area contributed by atoms with Crippen molar-refractivity contribution in [2.45, 2.75) is 31.2 Å². The van der Waals surface area contributed by atoms with Crippen LogP contribution < -0.4 is 15.4 Å². The highest BCUT2D eigenvalue weighted by molar-refractivity contribution is 7.98. The fourth-order valence-corrected chi connectivity index (χ4v) is 4.64. The molecule has 11 heteroatoms. The third-order valence-electron chi connectivity index (χ3n) is 5.81. The van der Waals surface area contributed by atoms with Crippen molar-refractivity contribution in [1.82, 2.24) is 9.97 Å². The van der Waals surface area contributed by atoms with Crippen molar-refractivity contribution in [2.75, 3.05) is 18.1 Å². The molecular weight excluding hydrogens is 538 g/mol. The largest absolute Gasteiger partial charge is 0.466 e. The minimum atomic E-state index is -0.595. The molecule has 0 unspecified atom stereocenters. The number of fused-ring (bicyclic) bond motifs is 1. The molecule has 39 heavy (non-hydrogen) atoms. The number of hydrogen-bond donors (Lipinski definition) is 3. The zero-order valence-electron chi connectivity index (χ0n) is 21.6. The number of H-pyrrole nitrogens is 1. The molecule has 3 aromatic carbocycles. The van der Waals surface area contributed by atoms with Gasteiger partial charge in [0.15, 0.2) is 5.16 Å². The van der Waals surface area contributed by atoms with E-state index in [0.29, 0.717) is 28.3 Å². The molecule has 0 spiro atoms. The van der Waals surface area contributed by atoms with Gasteiger partial charge in [-0.1, -0.05) is 54.2 Å². The number of nitrogens with two attached hydrogens (primary N) is 1. The maximum absolute atomic E-state index is 13.2. The van der Waals surface area contributed by atoms with Crippen LogP contribution in [0, 0.1) is 12.3 Å². The predicted octanol–water partition coefficient (Wildman–Crippen LogP) is 5.83. The first-order valence-electron chi connectivity index (χ1n) is 12.1. The number of amides is 1. The van der Waals surface area contributed by atoms with E-state index in [0.717, 1.165) is 21.8 Å². The summed E-state index contributed by atoms with van der Waals surface area (Å²) in [6.45, 7) is 4.00. The number of carbonyl (C=O) groups excluding carboxylic acids is 2. The van der Waals surface area contributed by atoms with Crippen molar-refractivity contribution < 1.29 is 19.1 Å². The first-order chi connectivity index (χ1) is 18.4. The van der Waals surface area contributed by atoms with Crippen LogP contribution >= 0.6 is 24.2 Å². The van der Waals surface area contributed by atoms with E-state index in [1.165, 1.54) is 4.90 Å². The molecule has 0 atom stereocenters. The Morgan fingerprint density at radius 3 is 2.46 bits per heavy atom. The van der Waals surface area contributed by atoms with E-state index < -0.39 is 6.09 Å². The quantitative estimate of drug-likeness (QED) is 0.0949. The van der Waals surface area contributed by atoms with Gasteiger partial charge >= 0.3 is 12.1 Å². The Balaban J connectivity index is 0.00000420. The first kappa shape index (κ1) is 29.5. The van der Waals surface area contributed by atoms with E-state index >= 15 is 0 Å². The van der Waals surface area contributed by atoms with Crippen LogP contribution in [0.15, 0.2) is 71.9 Å². The summed E-state index contributed by atoms with van der Waals surface area (Å²) in [4.78, 5) is 34.6. The number of imidazole rings is 1. The van der Waals surface area contributed by atoms with Crippen molar-refractivity contribution >= 4 is 58.8 Å². The molecule has 0 radical (unpaired) electrons. The average Bonchev–Trinajstić information content (AvgIpc) is 3.34. The molecule has 1 aromatic heterocycles. The molecule has 9 nitrogen and oxygen atoms in total. The van der Waals surface area contributed by atoms with E-state index in [4.69, 9.17) is 25.6 Å². The predicted molar refractivity (Wildman–Crippen MR) is 156 cm³/mol. The van der Waals surface area contributed by atoms with Crippen molar-refractivity contribution in [2.24, 2.45) is 5.73 Å². The normalized spacial score (nSPS) is 10.5. The van der Waals surface area contributed by atoms with E-state index in [1.54, 1.807) is 36.9 Å². The van der Waals surface area contributed by atoms with Gasteiger partial charge in [0.1, 0.15) is 11.6 Å². The highest BCUT2D eigenvalue weighted by Crippen LogP contribution is 2.30. The highest BCUT2D eigenvalue weighted by atomic mass is 35.5. The monoisotopic (exact) mass is 567 g/mol. The van der Waals surface area contributed by atoms with Gasteiger partial charge in [-0.2, -0.15) is 0 Å². The zero-order valence-corrected chi connectivity index (χ0v) is 23.2. The smallest absolute Gasteiger partial charge is 0.419 e. The third-order valence-corrected chi connectivity index (χ3v) is 6.75. The second kappa shape index (κ2) is 13.7. The maximum atomic E-state index is 13.2. The van der Waals surface area contributed by atoms with Crippen molar-refractivity contribution in [1.29, 1.82) is 5.41 Å². The fourth-order valence-electron chi connectivity index (χ4n) is 3.80. The van der Waals surface area contributed by atoms with Gasteiger partial charge in [0.25, 0.3) is 0 Å². The lowest BCUT2D eigenvalue weighted by Crippen LogP contribution is -2.35.